The average molecular weight is 226 g/mol. The zero-order valence-electron chi connectivity index (χ0n) is 10.2. The van der Waals surface area contributed by atoms with Gasteiger partial charge in [-0.05, 0) is 13.1 Å². The Balaban J connectivity index is 2.85. The van der Waals surface area contributed by atoms with Gasteiger partial charge < -0.3 is 9.47 Å². The number of hydrogen-bond acceptors (Lipinski definition) is 6. The first-order valence-corrected chi connectivity index (χ1v) is 5.28. The molecular weight excluding hydrogens is 208 g/mol. The van der Waals surface area contributed by atoms with E-state index in [0.717, 1.165) is 13.1 Å². The van der Waals surface area contributed by atoms with E-state index >= 15 is 0 Å². The van der Waals surface area contributed by atoms with Crippen LogP contribution in [-0.2, 0) is 6.54 Å². The van der Waals surface area contributed by atoms with E-state index in [1.165, 1.54) is 14.2 Å². The summed E-state index contributed by atoms with van der Waals surface area (Å²) in [6.07, 6.45) is 0. The van der Waals surface area contributed by atoms with Crippen LogP contribution >= 0.6 is 0 Å². The fourth-order valence-electron chi connectivity index (χ4n) is 1.28. The standard InChI is InChI=1S/C10H18N4O2/c1-5-14(6-2)7-8-11-9(15-3)13-10(12-8)16-4/h5-7H2,1-4H3. The molecule has 1 heterocycles. The third-order valence-corrected chi connectivity index (χ3v) is 2.27. The summed E-state index contributed by atoms with van der Waals surface area (Å²) in [5.74, 6) is 0.660. The van der Waals surface area contributed by atoms with Crippen molar-refractivity contribution in [1.29, 1.82) is 0 Å². The van der Waals surface area contributed by atoms with E-state index in [0.29, 0.717) is 12.4 Å². The summed E-state index contributed by atoms with van der Waals surface area (Å²) in [5.41, 5.74) is 0. The second-order valence-corrected chi connectivity index (χ2v) is 3.19. The van der Waals surface area contributed by atoms with Crippen molar-refractivity contribution in [3.8, 4) is 12.0 Å². The fraction of sp³-hybridized carbons (Fsp3) is 0.700. The van der Waals surface area contributed by atoms with Crippen LogP contribution in [0.2, 0.25) is 0 Å². The molecule has 0 unspecified atom stereocenters. The minimum atomic E-state index is 0.286. The van der Waals surface area contributed by atoms with Crippen molar-refractivity contribution < 1.29 is 9.47 Å². The monoisotopic (exact) mass is 226 g/mol. The van der Waals surface area contributed by atoms with E-state index in [-0.39, 0.29) is 12.0 Å². The van der Waals surface area contributed by atoms with Crippen LogP contribution in [0.15, 0.2) is 0 Å². The smallest absolute Gasteiger partial charge is 0.322 e. The molecule has 0 saturated heterocycles. The third kappa shape index (κ3) is 3.30. The SMILES string of the molecule is CCN(CC)Cc1nc(OC)nc(OC)n1. The van der Waals surface area contributed by atoms with Gasteiger partial charge in [0.1, 0.15) is 0 Å². The van der Waals surface area contributed by atoms with Crippen molar-refractivity contribution in [2.75, 3.05) is 27.3 Å². The summed E-state index contributed by atoms with van der Waals surface area (Å²) in [6.45, 7) is 6.76. The molecule has 6 nitrogen and oxygen atoms in total. The van der Waals surface area contributed by atoms with Gasteiger partial charge in [0.05, 0.1) is 20.8 Å². The number of ether oxygens (including phenoxy) is 2. The Bertz CT molecular complexity index is 306. The minimum absolute atomic E-state index is 0.286. The predicted octanol–water partition coefficient (Wildman–Crippen LogP) is 0.731. The van der Waals surface area contributed by atoms with Crippen LogP contribution < -0.4 is 9.47 Å². The van der Waals surface area contributed by atoms with Crippen molar-refractivity contribution in [2.45, 2.75) is 20.4 Å². The van der Waals surface area contributed by atoms with Gasteiger partial charge in [-0.25, -0.2) is 0 Å². The van der Waals surface area contributed by atoms with E-state index in [9.17, 15) is 0 Å². The molecular formula is C10H18N4O2. The maximum Gasteiger partial charge on any atom is 0.322 e. The van der Waals surface area contributed by atoms with Gasteiger partial charge in [-0.15, -0.1) is 4.98 Å². The van der Waals surface area contributed by atoms with Crippen LogP contribution in [0.4, 0.5) is 0 Å². The first kappa shape index (κ1) is 12.6. The lowest BCUT2D eigenvalue weighted by Crippen LogP contribution is -2.23. The summed E-state index contributed by atoms with van der Waals surface area (Å²) in [6, 6.07) is 0.572. The highest BCUT2D eigenvalue weighted by Gasteiger charge is 2.09. The van der Waals surface area contributed by atoms with Crippen LogP contribution in [0.5, 0.6) is 12.0 Å². The fourth-order valence-corrected chi connectivity index (χ4v) is 1.28. The van der Waals surface area contributed by atoms with Gasteiger partial charge in [0.15, 0.2) is 5.82 Å². The quantitative estimate of drug-likeness (QED) is 0.712. The number of rotatable bonds is 6. The van der Waals surface area contributed by atoms with Crippen molar-refractivity contribution in [3.63, 3.8) is 0 Å². The molecule has 0 amide bonds. The Morgan fingerprint density at radius 2 is 1.44 bits per heavy atom. The predicted molar refractivity (Wildman–Crippen MR) is 59.6 cm³/mol. The highest BCUT2D eigenvalue weighted by molar-refractivity contribution is 5.05. The number of methoxy groups -OCH3 is 2. The topological polar surface area (TPSA) is 60.4 Å². The van der Waals surface area contributed by atoms with Gasteiger partial charge >= 0.3 is 12.0 Å². The first-order chi connectivity index (χ1) is 7.73. The van der Waals surface area contributed by atoms with Crippen LogP contribution in [0.3, 0.4) is 0 Å². The maximum absolute atomic E-state index is 4.99. The summed E-state index contributed by atoms with van der Waals surface area (Å²) < 4.78 is 9.97. The molecule has 16 heavy (non-hydrogen) atoms. The molecule has 0 aliphatic rings. The van der Waals surface area contributed by atoms with Gasteiger partial charge in [-0.1, -0.05) is 13.8 Å². The maximum atomic E-state index is 4.99. The lowest BCUT2D eigenvalue weighted by atomic mass is 10.4. The summed E-state index contributed by atoms with van der Waals surface area (Å²) in [5, 5.41) is 0. The Kier molecular flexibility index (Phi) is 4.91. The number of aromatic nitrogens is 3. The second-order valence-electron chi connectivity index (χ2n) is 3.19. The summed E-state index contributed by atoms with van der Waals surface area (Å²) in [4.78, 5) is 14.5. The minimum Gasteiger partial charge on any atom is -0.467 e. The van der Waals surface area contributed by atoms with Gasteiger partial charge in [0.25, 0.3) is 0 Å². The average Bonchev–Trinajstić information content (AvgIpc) is 2.35. The van der Waals surface area contributed by atoms with Crippen LogP contribution in [0, 0.1) is 0 Å². The van der Waals surface area contributed by atoms with Crippen molar-refractivity contribution >= 4 is 0 Å². The molecule has 0 fully saturated rings. The van der Waals surface area contributed by atoms with Crippen molar-refractivity contribution in [2.24, 2.45) is 0 Å². The molecule has 0 aliphatic heterocycles. The van der Waals surface area contributed by atoms with E-state index < -0.39 is 0 Å². The molecule has 6 heteroatoms. The summed E-state index contributed by atoms with van der Waals surface area (Å²) >= 11 is 0. The zero-order chi connectivity index (χ0) is 12.0. The molecule has 90 valence electrons. The molecule has 0 aromatic carbocycles. The highest BCUT2D eigenvalue weighted by atomic mass is 16.5. The third-order valence-electron chi connectivity index (χ3n) is 2.27. The van der Waals surface area contributed by atoms with Gasteiger partial charge in [-0.2, -0.15) is 9.97 Å². The van der Waals surface area contributed by atoms with E-state index in [4.69, 9.17) is 9.47 Å². The largest absolute Gasteiger partial charge is 0.467 e. The molecule has 0 saturated carbocycles. The van der Waals surface area contributed by atoms with Gasteiger partial charge in [0.2, 0.25) is 0 Å². The van der Waals surface area contributed by atoms with E-state index in [1.807, 2.05) is 0 Å². The van der Waals surface area contributed by atoms with Crippen LogP contribution in [0.25, 0.3) is 0 Å². The molecule has 0 atom stereocenters. The molecule has 0 aliphatic carbocycles. The normalized spacial score (nSPS) is 10.6. The van der Waals surface area contributed by atoms with Gasteiger partial charge in [0, 0.05) is 0 Å². The molecule has 0 N–H and O–H groups in total. The lowest BCUT2D eigenvalue weighted by molar-refractivity contribution is 0.277. The molecule has 0 radical (unpaired) electrons. The lowest BCUT2D eigenvalue weighted by Gasteiger charge is -2.16. The molecule has 1 rings (SSSR count). The van der Waals surface area contributed by atoms with E-state index in [1.54, 1.807) is 0 Å². The van der Waals surface area contributed by atoms with Crippen LogP contribution in [-0.4, -0.2) is 47.2 Å². The molecule has 0 spiro atoms. The Labute approximate surface area is 95.6 Å². The molecule has 1 aromatic rings. The summed E-state index contributed by atoms with van der Waals surface area (Å²) in [7, 11) is 3.05. The number of hydrogen-bond donors (Lipinski definition) is 0. The van der Waals surface area contributed by atoms with Crippen LogP contribution in [0.1, 0.15) is 19.7 Å². The zero-order valence-corrected chi connectivity index (χ0v) is 10.2. The number of nitrogens with zero attached hydrogens (tertiary/aromatic N) is 4. The Morgan fingerprint density at radius 3 is 1.81 bits per heavy atom. The van der Waals surface area contributed by atoms with Crippen molar-refractivity contribution in [1.82, 2.24) is 19.9 Å². The second kappa shape index (κ2) is 6.22. The van der Waals surface area contributed by atoms with Gasteiger partial charge in [-0.3, -0.25) is 4.90 Å². The Hall–Kier alpha value is -1.43. The van der Waals surface area contributed by atoms with E-state index in [2.05, 4.69) is 33.7 Å². The Morgan fingerprint density at radius 1 is 0.938 bits per heavy atom. The highest BCUT2D eigenvalue weighted by Crippen LogP contribution is 2.10. The molecule has 1 aromatic heterocycles. The van der Waals surface area contributed by atoms with Crippen molar-refractivity contribution in [3.05, 3.63) is 5.82 Å². The molecule has 0 bridgehead atoms. The first-order valence-electron chi connectivity index (χ1n) is 5.28.